The number of halogens is 1. The second-order valence-electron chi connectivity index (χ2n) is 4.27. The molecule has 1 N–H and O–H groups in total. The molecule has 2 atom stereocenters. The first-order valence-corrected chi connectivity index (χ1v) is 5.33. The van der Waals surface area contributed by atoms with E-state index in [4.69, 9.17) is 5.26 Å². The molecule has 1 aliphatic heterocycles. The Morgan fingerprint density at radius 1 is 1.67 bits per heavy atom. The predicted octanol–water partition coefficient (Wildman–Crippen LogP) is 1.54. The van der Waals surface area contributed by atoms with Gasteiger partial charge in [-0.2, -0.15) is 10.3 Å². The Hall–Kier alpha value is -2.13. The topological polar surface area (TPSA) is 65.1 Å². The Balaban J connectivity index is 2.11. The summed E-state index contributed by atoms with van der Waals surface area (Å²) < 4.78 is 18.1. The lowest BCUT2D eigenvalue weighted by atomic mass is 10.2. The highest BCUT2D eigenvalue weighted by atomic mass is 19.1. The molecule has 2 rings (SSSR count). The monoisotopic (exact) mass is 249 g/mol. The SMILES string of the molecule is COC(=O)c1ccc(NN2CC2(C)C#N)cc1F. The van der Waals surface area contributed by atoms with Gasteiger partial charge in [-0.15, -0.1) is 0 Å². The molecule has 18 heavy (non-hydrogen) atoms. The molecule has 0 amide bonds. The van der Waals surface area contributed by atoms with E-state index in [1.807, 2.05) is 0 Å². The number of esters is 1. The zero-order valence-electron chi connectivity index (χ0n) is 10.0. The minimum absolute atomic E-state index is 0.114. The van der Waals surface area contributed by atoms with Crippen molar-refractivity contribution in [1.82, 2.24) is 5.01 Å². The smallest absolute Gasteiger partial charge is 0.340 e. The molecular weight excluding hydrogens is 237 g/mol. The van der Waals surface area contributed by atoms with Crippen molar-refractivity contribution in [2.45, 2.75) is 12.5 Å². The summed E-state index contributed by atoms with van der Waals surface area (Å²) >= 11 is 0. The van der Waals surface area contributed by atoms with Crippen molar-refractivity contribution in [3.63, 3.8) is 0 Å². The fourth-order valence-corrected chi connectivity index (χ4v) is 1.55. The predicted molar refractivity (Wildman–Crippen MR) is 62.1 cm³/mol. The van der Waals surface area contributed by atoms with Crippen LogP contribution in [0, 0.1) is 17.1 Å². The van der Waals surface area contributed by atoms with Gasteiger partial charge in [0.05, 0.1) is 31.0 Å². The normalized spacial score (nSPS) is 25.1. The summed E-state index contributed by atoms with van der Waals surface area (Å²) in [5.74, 6) is -1.37. The van der Waals surface area contributed by atoms with E-state index in [1.165, 1.54) is 19.2 Å². The number of nitriles is 1. The van der Waals surface area contributed by atoms with Gasteiger partial charge in [-0.05, 0) is 25.1 Å². The van der Waals surface area contributed by atoms with Crippen molar-refractivity contribution >= 4 is 11.7 Å². The zero-order chi connectivity index (χ0) is 13.3. The maximum Gasteiger partial charge on any atom is 0.340 e. The van der Waals surface area contributed by atoms with Crippen LogP contribution in [0.1, 0.15) is 17.3 Å². The molecule has 1 aliphatic rings. The van der Waals surface area contributed by atoms with E-state index in [2.05, 4.69) is 16.2 Å². The van der Waals surface area contributed by atoms with Gasteiger partial charge in [0.15, 0.2) is 0 Å². The lowest BCUT2D eigenvalue weighted by Gasteiger charge is -2.10. The Bertz CT molecular complexity index is 541. The molecule has 1 heterocycles. The van der Waals surface area contributed by atoms with Crippen molar-refractivity contribution in [3.05, 3.63) is 29.6 Å². The summed E-state index contributed by atoms with van der Waals surface area (Å²) in [6, 6.07) is 6.24. The third-order valence-corrected chi connectivity index (χ3v) is 2.84. The molecule has 94 valence electrons. The number of ether oxygens (including phenoxy) is 1. The van der Waals surface area contributed by atoms with E-state index in [0.29, 0.717) is 12.2 Å². The number of hydrogen-bond donors (Lipinski definition) is 1. The van der Waals surface area contributed by atoms with Crippen LogP contribution >= 0.6 is 0 Å². The summed E-state index contributed by atoms with van der Waals surface area (Å²) in [5, 5.41) is 10.5. The summed E-state index contributed by atoms with van der Waals surface area (Å²) in [7, 11) is 1.20. The first-order chi connectivity index (χ1) is 8.50. The van der Waals surface area contributed by atoms with Gasteiger partial charge in [-0.1, -0.05) is 0 Å². The van der Waals surface area contributed by atoms with Crippen LogP contribution in [-0.4, -0.2) is 30.2 Å². The van der Waals surface area contributed by atoms with Crippen molar-refractivity contribution in [3.8, 4) is 6.07 Å². The number of rotatable bonds is 3. The highest BCUT2D eigenvalue weighted by molar-refractivity contribution is 5.90. The van der Waals surface area contributed by atoms with Crippen molar-refractivity contribution in [2.75, 3.05) is 19.1 Å². The van der Waals surface area contributed by atoms with Crippen LogP contribution in [0.3, 0.4) is 0 Å². The molecule has 0 saturated carbocycles. The van der Waals surface area contributed by atoms with Gasteiger partial charge >= 0.3 is 5.97 Å². The molecule has 1 aromatic carbocycles. The van der Waals surface area contributed by atoms with Crippen LogP contribution in [0.2, 0.25) is 0 Å². The third kappa shape index (κ3) is 2.13. The summed E-state index contributed by atoms with van der Waals surface area (Å²) in [5.41, 5.74) is 2.73. The molecule has 1 fully saturated rings. The van der Waals surface area contributed by atoms with Gasteiger partial charge in [0.1, 0.15) is 11.4 Å². The molecule has 0 aliphatic carbocycles. The molecule has 1 saturated heterocycles. The van der Waals surface area contributed by atoms with Crippen molar-refractivity contribution in [1.29, 1.82) is 5.26 Å². The number of methoxy groups -OCH3 is 1. The van der Waals surface area contributed by atoms with Gasteiger partial charge < -0.3 is 10.2 Å². The van der Waals surface area contributed by atoms with Gasteiger partial charge in [0.25, 0.3) is 0 Å². The number of nitrogens with one attached hydrogen (secondary N) is 1. The molecule has 6 heteroatoms. The number of hydrazine groups is 1. The van der Waals surface area contributed by atoms with Crippen LogP contribution in [0.15, 0.2) is 18.2 Å². The fourth-order valence-electron chi connectivity index (χ4n) is 1.55. The molecule has 2 unspecified atom stereocenters. The number of benzene rings is 1. The summed E-state index contributed by atoms with van der Waals surface area (Å²) in [4.78, 5) is 11.2. The van der Waals surface area contributed by atoms with E-state index in [0.717, 1.165) is 0 Å². The second kappa shape index (κ2) is 4.27. The Morgan fingerprint density at radius 2 is 2.39 bits per heavy atom. The van der Waals surface area contributed by atoms with E-state index in [-0.39, 0.29) is 5.56 Å². The molecule has 5 nitrogen and oxygen atoms in total. The molecule has 0 bridgehead atoms. The fraction of sp³-hybridized carbons (Fsp3) is 0.333. The number of carbonyl (C=O) groups is 1. The number of nitrogens with zero attached hydrogens (tertiary/aromatic N) is 2. The molecular formula is C12H12FN3O2. The number of carbonyl (C=O) groups excluding carboxylic acids is 1. The molecule has 0 radical (unpaired) electrons. The minimum atomic E-state index is -0.715. The van der Waals surface area contributed by atoms with Gasteiger partial charge in [-0.3, -0.25) is 0 Å². The van der Waals surface area contributed by atoms with E-state index in [1.54, 1.807) is 18.0 Å². The van der Waals surface area contributed by atoms with Crippen molar-refractivity contribution < 1.29 is 13.9 Å². The van der Waals surface area contributed by atoms with Crippen LogP contribution in [-0.2, 0) is 4.74 Å². The second-order valence-corrected chi connectivity index (χ2v) is 4.27. The Kier molecular flexibility index (Phi) is 2.93. The van der Waals surface area contributed by atoms with Crippen LogP contribution < -0.4 is 5.43 Å². The lowest BCUT2D eigenvalue weighted by molar-refractivity contribution is 0.0595. The molecule has 1 aromatic rings. The standard InChI is InChI=1S/C12H12FN3O2/c1-12(6-14)7-16(12)15-8-3-4-9(10(13)5-8)11(17)18-2/h3-5,15H,7H2,1-2H3. The number of anilines is 1. The van der Waals surface area contributed by atoms with Crippen LogP contribution in [0.4, 0.5) is 10.1 Å². The third-order valence-electron chi connectivity index (χ3n) is 2.84. The van der Waals surface area contributed by atoms with Gasteiger partial charge in [0.2, 0.25) is 0 Å². The Labute approximate surface area is 104 Å². The summed E-state index contributed by atoms with van der Waals surface area (Å²) in [6.45, 7) is 2.35. The minimum Gasteiger partial charge on any atom is -0.465 e. The maximum absolute atomic E-state index is 13.6. The van der Waals surface area contributed by atoms with E-state index < -0.39 is 17.3 Å². The van der Waals surface area contributed by atoms with E-state index in [9.17, 15) is 9.18 Å². The number of hydrogen-bond acceptors (Lipinski definition) is 5. The Morgan fingerprint density at radius 3 is 2.89 bits per heavy atom. The van der Waals surface area contributed by atoms with E-state index >= 15 is 0 Å². The first kappa shape index (κ1) is 12.3. The largest absolute Gasteiger partial charge is 0.465 e. The highest BCUT2D eigenvalue weighted by Crippen LogP contribution is 2.31. The lowest BCUT2D eigenvalue weighted by Crippen LogP contribution is -2.17. The quantitative estimate of drug-likeness (QED) is 0.650. The molecule has 0 aromatic heterocycles. The van der Waals surface area contributed by atoms with Gasteiger partial charge in [-0.25, -0.2) is 9.18 Å². The zero-order valence-corrected chi connectivity index (χ0v) is 10.0. The van der Waals surface area contributed by atoms with Crippen molar-refractivity contribution in [2.24, 2.45) is 0 Å². The maximum atomic E-state index is 13.6. The average molecular weight is 249 g/mol. The average Bonchev–Trinajstić information content (AvgIpc) is 3.00. The van der Waals surface area contributed by atoms with Gasteiger partial charge in [0, 0.05) is 0 Å². The molecule has 0 spiro atoms. The highest BCUT2D eigenvalue weighted by Gasteiger charge is 2.49. The van der Waals surface area contributed by atoms with Crippen LogP contribution in [0.25, 0.3) is 0 Å². The first-order valence-electron chi connectivity index (χ1n) is 5.33. The summed E-state index contributed by atoms with van der Waals surface area (Å²) in [6.07, 6.45) is 0. The van der Waals surface area contributed by atoms with Crippen LogP contribution in [0.5, 0.6) is 0 Å².